The Morgan fingerprint density at radius 3 is 2.49 bits per heavy atom. The van der Waals surface area contributed by atoms with E-state index in [0.29, 0.717) is 17.2 Å². The van der Waals surface area contributed by atoms with Gasteiger partial charge in [-0.2, -0.15) is 5.10 Å². The summed E-state index contributed by atoms with van der Waals surface area (Å²) in [5.41, 5.74) is 5.84. The molecule has 0 aliphatic carbocycles. The lowest BCUT2D eigenvalue weighted by molar-refractivity contribution is -0.385. The number of nitrogens with one attached hydrogen (secondary N) is 1. The molecule has 0 aliphatic heterocycles. The van der Waals surface area contributed by atoms with Crippen LogP contribution in [-0.2, 0) is 0 Å². The normalized spacial score (nSPS) is 11.8. The topological polar surface area (TPSA) is 113 Å². The van der Waals surface area contributed by atoms with E-state index >= 15 is 0 Å². The van der Waals surface area contributed by atoms with Gasteiger partial charge < -0.3 is 5.11 Å². The lowest BCUT2D eigenvalue weighted by Crippen LogP contribution is -2.20. The molecule has 0 radical (unpaired) electrons. The molecule has 0 saturated heterocycles. The van der Waals surface area contributed by atoms with E-state index in [1.54, 1.807) is 0 Å². The summed E-state index contributed by atoms with van der Waals surface area (Å²) >= 11 is 10.2. The SMILES string of the molecule is Cc1cc(Br)c(N=C(N/N=C/c2cc([N+](=O)[O-])cc(Br)c2O)c2ccc3ccccc3n2)c(Br)c1. The number of aryl methyl sites for hydroxylation is 1. The van der Waals surface area contributed by atoms with Gasteiger partial charge in [0.15, 0.2) is 5.84 Å². The number of nitrogens with zero attached hydrogens (tertiary/aromatic N) is 4. The molecule has 0 aliphatic rings. The largest absolute Gasteiger partial charge is 0.506 e. The first-order valence-corrected chi connectivity index (χ1v) is 12.5. The number of halogens is 3. The minimum atomic E-state index is -0.548. The number of phenolic OH excluding ortho intramolecular Hbond substituents is 1. The highest BCUT2D eigenvalue weighted by atomic mass is 79.9. The van der Waals surface area contributed by atoms with Crippen LogP contribution in [0.3, 0.4) is 0 Å². The van der Waals surface area contributed by atoms with Gasteiger partial charge in [-0.15, -0.1) is 0 Å². The van der Waals surface area contributed by atoms with Gasteiger partial charge in [-0.1, -0.05) is 24.3 Å². The van der Waals surface area contributed by atoms with Crippen LogP contribution in [0, 0.1) is 17.0 Å². The number of non-ortho nitro benzene ring substituents is 1. The van der Waals surface area contributed by atoms with Crippen LogP contribution >= 0.6 is 47.8 Å². The Bertz CT molecular complexity index is 1500. The number of para-hydroxylation sites is 1. The van der Waals surface area contributed by atoms with Crippen LogP contribution in [0.2, 0.25) is 0 Å². The van der Waals surface area contributed by atoms with Crippen molar-refractivity contribution in [3.05, 3.63) is 101 Å². The van der Waals surface area contributed by atoms with Crippen molar-refractivity contribution in [2.75, 3.05) is 0 Å². The number of phenols is 1. The molecule has 0 spiro atoms. The van der Waals surface area contributed by atoms with Gasteiger partial charge in [0.05, 0.1) is 26.8 Å². The summed E-state index contributed by atoms with van der Waals surface area (Å²) in [4.78, 5) is 20.1. The number of amidine groups is 1. The average molecular weight is 662 g/mol. The smallest absolute Gasteiger partial charge is 0.271 e. The molecule has 4 rings (SSSR count). The predicted octanol–water partition coefficient (Wildman–Crippen LogP) is 7.15. The molecule has 11 heteroatoms. The number of pyridine rings is 1. The molecule has 35 heavy (non-hydrogen) atoms. The highest BCUT2D eigenvalue weighted by Gasteiger charge is 2.14. The number of hydrogen-bond acceptors (Lipinski definition) is 6. The Labute approximate surface area is 225 Å². The van der Waals surface area contributed by atoms with E-state index in [2.05, 4.69) is 58.3 Å². The second-order valence-electron chi connectivity index (χ2n) is 7.42. The number of rotatable bonds is 5. The minimum absolute atomic E-state index is 0.155. The predicted molar refractivity (Wildman–Crippen MR) is 148 cm³/mol. The molecule has 0 atom stereocenters. The van der Waals surface area contributed by atoms with Gasteiger partial charge in [-0.25, -0.2) is 9.98 Å². The van der Waals surface area contributed by atoms with Gasteiger partial charge in [0.1, 0.15) is 11.4 Å². The van der Waals surface area contributed by atoms with E-state index < -0.39 is 4.92 Å². The first kappa shape index (κ1) is 25.0. The lowest BCUT2D eigenvalue weighted by atomic mass is 10.2. The van der Waals surface area contributed by atoms with Crippen molar-refractivity contribution in [3.63, 3.8) is 0 Å². The lowest BCUT2D eigenvalue weighted by Gasteiger charge is -2.10. The molecule has 4 aromatic rings. The number of aromatic nitrogens is 1. The molecule has 1 aromatic heterocycles. The van der Waals surface area contributed by atoms with E-state index in [1.807, 2.05) is 55.5 Å². The van der Waals surface area contributed by atoms with Crippen molar-refractivity contribution in [3.8, 4) is 5.75 Å². The Morgan fingerprint density at radius 2 is 1.77 bits per heavy atom. The highest BCUT2D eigenvalue weighted by Crippen LogP contribution is 2.35. The van der Waals surface area contributed by atoms with E-state index in [0.717, 1.165) is 25.4 Å². The number of nitro benzene ring substituents is 1. The zero-order chi connectivity index (χ0) is 25.1. The van der Waals surface area contributed by atoms with Gasteiger partial charge in [0.25, 0.3) is 5.69 Å². The third-order valence-electron chi connectivity index (χ3n) is 4.89. The standard InChI is InChI=1S/C24H16Br3N5O3/c1-13-8-17(25)22(18(26)9-13)30-24(21-7-6-14-4-2-3-5-20(14)29-21)31-28-12-15-10-16(32(34)35)11-19(27)23(15)33/h2-12,33H,1H3,(H,30,31)/b28-12+. The van der Waals surface area contributed by atoms with Crippen molar-refractivity contribution in [2.45, 2.75) is 6.92 Å². The number of benzene rings is 3. The van der Waals surface area contributed by atoms with Crippen LogP contribution in [-0.4, -0.2) is 27.1 Å². The molecular formula is C24H16Br3N5O3. The van der Waals surface area contributed by atoms with Gasteiger partial charge >= 0.3 is 0 Å². The molecule has 0 amide bonds. The average Bonchev–Trinajstić information content (AvgIpc) is 2.82. The number of hydrogen-bond donors (Lipinski definition) is 2. The number of nitro groups is 1. The van der Waals surface area contributed by atoms with Crippen molar-refractivity contribution in [2.24, 2.45) is 10.1 Å². The van der Waals surface area contributed by atoms with Crippen molar-refractivity contribution in [1.29, 1.82) is 0 Å². The highest BCUT2D eigenvalue weighted by molar-refractivity contribution is 9.11. The van der Waals surface area contributed by atoms with Crippen LogP contribution in [0.5, 0.6) is 5.75 Å². The van der Waals surface area contributed by atoms with Crippen LogP contribution in [0.4, 0.5) is 11.4 Å². The van der Waals surface area contributed by atoms with E-state index in [-0.39, 0.29) is 21.5 Å². The molecule has 0 unspecified atom stereocenters. The number of fused-ring (bicyclic) bond motifs is 1. The molecule has 3 aromatic carbocycles. The van der Waals surface area contributed by atoms with Crippen LogP contribution in [0.1, 0.15) is 16.8 Å². The Kier molecular flexibility index (Phi) is 7.58. The molecule has 8 nitrogen and oxygen atoms in total. The Hall–Kier alpha value is -3.15. The van der Waals surface area contributed by atoms with E-state index in [4.69, 9.17) is 9.98 Å². The maximum absolute atomic E-state index is 11.2. The molecular weight excluding hydrogens is 646 g/mol. The minimum Gasteiger partial charge on any atom is -0.506 e. The molecule has 0 bridgehead atoms. The summed E-state index contributed by atoms with van der Waals surface area (Å²) < 4.78 is 1.73. The fraction of sp³-hybridized carbons (Fsp3) is 0.0417. The third-order valence-corrected chi connectivity index (χ3v) is 6.70. The molecule has 1 heterocycles. The summed E-state index contributed by atoms with van der Waals surface area (Å²) in [6, 6.07) is 17.8. The molecule has 176 valence electrons. The zero-order valence-corrected chi connectivity index (χ0v) is 22.8. The molecule has 2 N–H and O–H groups in total. The van der Waals surface area contributed by atoms with Crippen molar-refractivity contribution >= 4 is 82.1 Å². The number of hydrazone groups is 1. The van der Waals surface area contributed by atoms with Gasteiger partial charge in [-0.05, 0) is 84.5 Å². The maximum Gasteiger partial charge on any atom is 0.271 e. The van der Waals surface area contributed by atoms with Gasteiger partial charge in [-0.3, -0.25) is 15.5 Å². The zero-order valence-electron chi connectivity index (χ0n) is 18.0. The van der Waals surface area contributed by atoms with E-state index in [9.17, 15) is 15.2 Å². The fourth-order valence-corrected chi connectivity index (χ4v) is 5.28. The number of aliphatic imine (C=N–C) groups is 1. The first-order valence-electron chi connectivity index (χ1n) is 10.1. The summed E-state index contributed by atoms with van der Waals surface area (Å²) in [7, 11) is 0. The second-order valence-corrected chi connectivity index (χ2v) is 9.98. The van der Waals surface area contributed by atoms with Gasteiger partial charge in [0, 0.05) is 32.0 Å². The maximum atomic E-state index is 11.2. The summed E-state index contributed by atoms with van der Waals surface area (Å²) in [6.07, 6.45) is 1.28. The molecule has 0 saturated carbocycles. The van der Waals surface area contributed by atoms with Crippen molar-refractivity contribution < 1.29 is 10.0 Å². The monoisotopic (exact) mass is 659 g/mol. The number of aromatic hydroxyl groups is 1. The van der Waals surface area contributed by atoms with Gasteiger partial charge in [0.2, 0.25) is 0 Å². The quantitative estimate of drug-likeness (QED) is 0.102. The van der Waals surface area contributed by atoms with Crippen LogP contribution in [0.25, 0.3) is 10.9 Å². The van der Waals surface area contributed by atoms with Crippen LogP contribution < -0.4 is 5.43 Å². The summed E-state index contributed by atoms with van der Waals surface area (Å²) in [5, 5.41) is 26.7. The molecule has 0 fully saturated rings. The summed E-state index contributed by atoms with van der Waals surface area (Å²) in [6.45, 7) is 1.97. The fourth-order valence-electron chi connectivity index (χ4n) is 3.22. The first-order chi connectivity index (χ1) is 16.7. The van der Waals surface area contributed by atoms with Crippen molar-refractivity contribution in [1.82, 2.24) is 10.4 Å². The summed E-state index contributed by atoms with van der Waals surface area (Å²) in [5.74, 6) is 0.161. The van der Waals surface area contributed by atoms with E-state index in [1.165, 1.54) is 18.3 Å². The Morgan fingerprint density at radius 1 is 1.06 bits per heavy atom. The second kappa shape index (κ2) is 10.6. The third kappa shape index (κ3) is 5.75. The van der Waals surface area contributed by atoms with Crippen LogP contribution in [0.15, 0.2) is 84.2 Å². The Balaban J connectivity index is 1.78.